The normalized spacial score (nSPS) is 10.8. The summed E-state index contributed by atoms with van der Waals surface area (Å²) >= 11 is 7.36. The smallest absolute Gasteiger partial charge is 0.234 e. The molecular formula is C20H20ClN3OS. The molecule has 134 valence electrons. The van der Waals surface area contributed by atoms with Gasteiger partial charge in [0.1, 0.15) is 0 Å². The summed E-state index contributed by atoms with van der Waals surface area (Å²) in [6.07, 6.45) is 1.81. The molecular weight excluding hydrogens is 366 g/mol. The van der Waals surface area contributed by atoms with Crippen molar-refractivity contribution >= 4 is 35.0 Å². The van der Waals surface area contributed by atoms with Crippen molar-refractivity contribution in [2.45, 2.75) is 19.0 Å². The van der Waals surface area contributed by atoms with E-state index in [9.17, 15) is 4.79 Å². The molecule has 0 fully saturated rings. The predicted octanol–water partition coefficient (Wildman–Crippen LogP) is 5.09. The van der Waals surface area contributed by atoms with Crippen LogP contribution in [0.2, 0.25) is 5.02 Å². The van der Waals surface area contributed by atoms with Gasteiger partial charge in [0.25, 0.3) is 0 Å². The van der Waals surface area contributed by atoms with Gasteiger partial charge in [0.2, 0.25) is 5.91 Å². The van der Waals surface area contributed by atoms with Crippen LogP contribution in [0.25, 0.3) is 11.3 Å². The lowest BCUT2D eigenvalue weighted by Gasteiger charge is -2.10. The number of hydrogen-bond donors (Lipinski definition) is 1. The van der Waals surface area contributed by atoms with Crippen molar-refractivity contribution in [3.63, 3.8) is 0 Å². The Kier molecular flexibility index (Phi) is 5.69. The van der Waals surface area contributed by atoms with Gasteiger partial charge in [-0.15, -0.1) is 0 Å². The molecule has 4 nitrogen and oxygen atoms in total. The summed E-state index contributed by atoms with van der Waals surface area (Å²) in [6, 6.07) is 13.5. The molecule has 2 aromatic carbocycles. The highest BCUT2D eigenvalue weighted by Gasteiger charge is 2.12. The number of anilines is 1. The van der Waals surface area contributed by atoms with E-state index in [1.807, 2.05) is 74.1 Å². The molecule has 3 aromatic rings. The third-order valence-electron chi connectivity index (χ3n) is 4.30. The lowest BCUT2D eigenvalue weighted by Crippen LogP contribution is -2.15. The second kappa shape index (κ2) is 7.98. The molecule has 1 amide bonds. The van der Waals surface area contributed by atoms with Crippen LogP contribution >= 0.6 is 23.4 Å². The Labute approximate surface area is 162 Å². The first-order chi connectivity index (χ1) is 12.5. The fraction of sp³-hybridized carbons (Fsp3) is 0.200. The lowest BCUT2D eigenvalue weighted by atomic mass is 10.1. The Bertz CT molecular complexity index is 935. The number of rotatable bonds is 5. The maximum absolute atomic E-state index is 12.3. The van der Waals surface area contributed by atoms with Gasteiger partial charge >= 0.3 is 0 Å². The SMILES string of the molecule is Cc1cccc(NC(=O)CSc2ncc(-c3ccc(Cl)cc3)n2C)c1C. The Hall–Kier alpha value is -2.24. The third-order valence-corrected chi connectivity index (χ3v) is 5.59. The summed E-state index contributed by atoms with van der Waals surface area (Å²) in [6.45, 7) is 4.04. The highest BCUT2D eigenvalue weighted by molar-refractivity contribution is 7.99. The van der Waals surface area contributed by atoms with Crippen LogP contribution in [0.5, 0.6) is 0 Å². The van der Waals surface area contributed by atoms with E-state index in [1.165, 1.54) is 11.8 Å². The zero-order chi connectivity index (χ0) is 18.7. The first-order valence-electron chi connectivity index (χ1n) is 8.22. The van der Waals surface area contributed by atoms with Crippen LogP contribution in [0.1, 0.15) is 11.1 Å². The standard InChI is InChI=1S/C20H20ClN3OS/c1-13-5-4-6-17(14(13)2)23-19(25)12-26-20-22-11-18(24(20)3)15-7-9-16(21)10-8-15/h4-11H,12H2,1-3H3,(H,23,25). The molecule has 1 N–H and O–H groups in total. The molecule has 0 atom stereocenters. The van der Waals surface area contributed by atoms with Crippen LogP contribution in [-0.4, -0.2) is 21.2 Å². The third kappa shape index (κ3) is 4.11. The molecule has 0 bridgehead atoms. The predicted molar refractivity (Wildman–Crippen MR) is 109 cm³/mol. The Balaban J connectivity index is 1.66. The van der Waals surface area contributed by atoms with Crippen molar-refractivity contribution in [2.24, 2.45) is 7.05 Å². The number of carbonyl (C=O) groups is 1. The molecule has 1 aromatic heterocycles. The van der Waals surface area contributed by atoms with E-state index in [2.05, 4.69) is 10.3 Å². The maximum atomic E-state index is 12.3. The molecule has 0 saturated carbocycles. The molecule has 0 unspecified atom stereocenters. The van der Waals surface area contributed by atoms with Gasteiger partial charge in [0, 0.05) is 17.8 Å². The van der Waals surface area contributed by atoms with Crippen LogP contribution in [0.15, 0.2) is 53.8 Å². The molecule has 26 heavy (non-hydrogen) atoms. The van der Waals surface area contributed by atoms with Gasteiger partial charge in [-0.1, -0.05) is 47.6 Å². The molecule has 0 radical (unpaired) electrons. The first-order valence-corrected chi connectivity index (χ1v) is 9.58. The number of halogens is 1. The number of hydrogen-bond acceptors (Lipinski definition) is 3. The minimum absolute atomic E-state index is 0.0419. The molecule has 6 heteroatoms. The van der Waals surface area contributed by atoms with Crippen molar-refractivity contribution in [1.29, 1.82) is 0 Å². The van der Waals surface area contributed by atoms with E-state index < -0.39 is 0 Å². The minimum Gasteiger partial charge on any atom is -0.325 e. The summed E-state index contributed by atoms with van der Waals surface area (Å²) in [7, 11) is 1.95. The molecule has 0 aliphatic heterocycles. The number of amides is 1. The van der Waals surface area contributed by atoms with Gasteiger partial charge in [-0.25, -0.2) is 4.98 Å². The molecule has 0 saturated heterocycles. The van der Waals surface area contributed by atoms with Gasteiger partial charge in [-0.05, 0) is 48.7 Å². The van der Waals surface area contributed by atoms with Gasteiger partial charge in [-0.2, -0.15) is 0 Å². The average molecular weight is 386 g/mol. The van der Waals surface area contributed by atoms with E-state index in [0.717, 1.165) is 33.2 Å². The number of nitrogens with one attached hydrogen (secondary N) is 1. The maximum Gasteiger partial charge on any atom is 0.234 e. The van der Waals surface area contributed by atoms with Crippen molar-refractivity contribution in [2.75, 3.05) is 11.1 Å². The van der Waals surface area contributed by atoms with Gasteiger partial charge < -0.3 is 9.88 Å². The fourth-order valence-electron chi connectivity index (χ4n) is 2.62. The average Bonchev–Trinajstić information content (AvgIpc) is 2.99. The zero-order valence-corrected chi connectivity index (χ0v) is 16.5. The Morgan fingerprint density at radius 2 is 1.92 bits per heavy atom. The highest BCUT2D eigenvalue weighted by atomic mass is 35.5. The lowest BCUT2D eigenvalue weighted by molar-refractivity contribution is -0.113. The number of imidazole rings is 1. The van der Waals surface area contributed by atoms with E-state index in [0.29, 0.717) is 10.8 Å². The number of thioether (sulfide) groups is 1. The molecule has 1 heterocycles. The van der Waals surface area contributed by atoms with E-state index in [1.54, 1.807) is 0 Å². The first kappa shape index (κ1) is 18.5. The van der Waals surface area contributed by atoms with Gasteiger partial charge in [0.15, 0.2) is 5.16 Å². The van der Waals surface area contributed by atoms with Crippen LogP contribution in [0.4, 0.5) is 5.69 Å². The van der Waals surface area contributed by atoms with Crippen molar-refractivity contribution in [3.05, 3.63) is 64.8 Å². The van der Waals surface area contributed by atoms with E-state index in [4.69, 9.17) is 11.6 Å². The Morgan fingerprint density at radius 3 is 2.65 bits per heavy atom. The van der Waals surface area contributed by atoms with E-state index in [-0.39, 0.29) is 5.91 Å². The number of benzene rings is 2. The van der Waals surface area contributed by atoms with Crippen LogP contribution in [-0.2, 0) is 11.8 Å². The summed E-state index contributed by atoms with van der Waals surface area (Å²) in [5.74, 6) is 0.262. The summed E-state index contributed by atoms with van der Waals surface area (Å²) in [5, 5.41) is 4.47. The summed E-state index contributed by atoms with van der Waals surface area (Å²) in [5.41, 5.74) is 5.13. The second-order valence-corrected chi connectivity index (χ2v) is 7.46. The molecule has 0 aliphatic rings. The van der Waals surface area contributed by atoms with Crippen LogP contribution in [0.3, 0.4) is 0 Å². The van der Waals surface area contributed by atoms with Crippen molar-refractivity contribution < 1.29 is 4.79 Å². The summed E-state index contributed by atoms with van der Waals surface area (Å²) in [4.78, 5) is 16.7. The molecule has 3 rings (SSSR count). The topological polar surface area (TPSA) is 46.9 Å². The molecule has 0 aliphatic carbocycles. The largest absolute Gasteiger partial charge is 0.325 e. The van der Waals surface area contributed by atoms with E-state index >= 15 is 0 Å². The fourth-order valence-corrected chi connectivity index (χ4v) is 3.50. The number of aromatic nitrogens is 2. The van der Waals surface area contributed by atoms with Crippen molar-refractivity contribution in [1.82, 2.24) is 9.55 Å². The second-order valence-electron chi connectivity index (χ2n) is 6.08. The molecule has 0 spiro atoms. The zero-order valence-electron chi connectivity index (χ0n) is 14.9. The number of nitrogens with zero attached hydrogens (tertiary/aromatic N) is 2. The summed E-state index contributed by atoms with van der Waals surface area (Å²) < 4.78 is 1.99. The highest BCUT2D eigenvalue weighted by Crippen LogP contribution is 2.26. The minimum atomic E-state index is -0.0419. The van der Waals surface area contributed by atoms with Crippen molar-refractivity contribution in [3.8, 4) is 11.3 Å². The quantitative estimate of drug-likeness (QED) is 0.622. The number of carbonyl (C=O) groups excluding carboxylic acids is 1. The number of aryl methyl sites for hydroxylation is 1. The van der Waals surface area contributed by atoms with Gasteiger partial charge in [0.05, 0.1) is 17.6 Å². The monoisotopic (exact) mass is 385 g/mol. The van der Waals surface area contributed by atoms with Crippen LogP contribution < -0.4 is 5.32 Å². The van der Waals surface area contributed by atoms with Crippen LogP contribution in [0, 0.1) is 13.8 Å². The van der Waals surface area contributed by atoms with Gasteiger partial charge in [-0.3, -0.25) is 4.79 Å². The Morgan fingerprint density at radius 1 is 1.19 bits per heavy atom.